The van der Waals surface area contributed by atoms with Gasteiger partial charge in [0.25, 0.3) is 0 Å². The van der Waals surface area contributed by atoms with E-state index in [1.54, 1.807) is 27.9 Å². The molecular weight excluding hydrogens is 282 g/mol. The van der Waals surface area contributed by atoms with Gasteiger partial charge in [-0.2, -0.15) is 4.98 Å². The topological polar surface area (TPSA) is 85.5 Å². The summed E-state index contributed by atoms with van der Waals surface area (Å²) in [6, 6.07) is 0. The van der Waals surface area contributed by atoms with Crippen LogP contribution in [0.1, 0.15) is 31.5 Å². The molecule has 114 valence electrons. The van der Waals surface area contributed by atoms with Crippen LogP contribution >= 0.6 is 0 Å². The molecule has 0 amide bonds. The molecule has 0 aliphatic carbocycles. The van der Waals surface area contributed by atoms with Crippen molar-refractivity contribution in [1.82, 2.24) is 14.4 Å². The molecule has 7 nitrogen and oxygen atoms in total. The molecule has 2 rings (SSSR count). The lowest BCUT2D eigenvalue weighted by Crippen LogP contribution is -2.35. The number of nitrogens with zero attached hydrogens (tertiary/aromatic N) is 3. The van der Waals surface area contributed by atoms with Gasteiger partial charge in [-0.3, -0.25) is 0 Å². The number of hydrogen-bond acceptors (Lipinski definition) is 6. The number of aromatic nitrogens is 2. The molecule has 0 spiro atoms. The number of hydrogen-bond donors (Lipinski definition) is 0. The summed E-state index contributed by atoms with van der Waals surface area (Å²) in [5.74, 6) is 0.977. The third kappa shape index (κ3) is 2.87. The lowest BCUT2D eigenvalue weighted by atomic mass is 9.97. The predicted octanol–water partition coefficient (Wildman–Crippen LogP) is 0.778. The van der Waals surface area contributed by atoms with Gasteiger partial charge in [0.05, 0.1) is 17.8 Å². The van der Waals surface area contributed by atoms with Gasteiger partial charge >= 0.3 is 0 Å². The van der Waals surface area contributed by atoms with E-state index in [0.717, 1.165) is 0 Å². The van der Waals surface area contributed by atoms with Gasteiger partial charge in [0.1, 0.15) is 0 Å². The van der Waals surface area contributed by atoms with Crippen molar-refractivity contribution in [2.24, 2.45) is 5.92 Å². The highest BCUT2D eigenvalue weighted by Crippen LogP contribution is 2.34. The quantitative estimate of drug-likeness (QED) is 0.799. The molecule has 0 aromatic carbocycles. The molecule has 2 atom stereocenters. The van der Waals surface area contributed by atoms with E-state index < -0.39 is 15.3 Å². The van der Waals surface area contributed by atoms with E-state index in [-0.39, 0.29) is 11.8 Å². The number of methoxy groups -OCH3 is 1. The summed E-state index contributed by atoms with van der Waals surface area (Å²) in [4.78, 5) is 4.23. The van der Waals surface area contributed by atoms with E-state index in [1.165, 1.54) is 4.31 Å². The molecule has 0 radical (unpaired) electrons. The molecular formula is C12H21N3O4S. The number of aryl methyl sites for hydroxylation is 1. The Balaban J connectivity index is 2.24. The maximum Gasteiger partial charge on any atom is 0.231 e. The van der Waals surface area contributed by atoms with Crippen LogP contribution in [0.25, 0.3) is 0 Å². The Labute approximate surface area is 119 Å². The second kappa shape index (κ2) is 5.79. The Morgan fingerprint density at radius 3 is 2.65 bits per heavy atom. The molecule has 0 bridgehead atoms. The summed E-state index contributed by atoms with van der Waals surface area (Å²) in [7, 11) is -1.67. The molecule has 0 unspecified atom stereocenters. The molecule has 0 saturated carbocycles. The van der Waals surface area contributed by atoms with E-state index in [0.29, 0.717) is 31.4 Å². The normalized spacial score (nSPS) is 24.6. The smallest absolute Gasteiger partial charge is 0.231 e. The van der Waals surface area contributed by atoms with E-state index in [9.17, 15) is 8.42 Å². The average Bonchev–Trinajstić information content (AvgIpc) is 2.96. The van der Waals surface area contributed by atoms with Gasteiger partial charge < -0.3 is 9.26 Å². The Hall–Kier alpha value is -0.990. The predicted molar refractivity (Wildman–Crippen MR) is 72.8 cm³/mol. The number of rotatable bonds is 5. The molecule has 1 aromatic heterocycles. The van der Waals surface area contributed by atoms with Gasteiger partial charge in [0.15, 0.2) is 5.82 Å². The monoisotopic (exact) mass is 303 g/mol. The first-order chi connectivity index (χ1) is 9.36. The third-order valence-corrected chi connectivity index (χ3v) is 5.81. The first kappa shape index (κ1) is 15.4. The molecule has 1 fully saturated rings. The largest absolute Gasteiger partial charge is 0.384 e. The van der Waals surface area contributed by atoms with Gasteiger partial charge in [-0.05, 0) is 20.8 Å². The lowest BCUT2D eigenvalue weighted by Gasteiger charge is -2.18. The second-order valence-electron chi connectivity index (χ2n) is 5.41. The van der Waals surface area contributed by atoms with Gasteiger partial charge in [-0.25, -0.2) is 12.7 Å². The van der Waals surface area contributed by atoms with E-state index in [2.05, 4.69) is 10.1 Å². The van der Waals surface area contributed by atoms with E-state index >= 15 is 0 Å². The van der Waals surface area contributed by atoms with Crippen molar-refractivity contribution < 1.29 is 17.7 Å². The second-order valence-corrected chi connectivity index (χ2v) is 7.90. The van der Waals surface area contributed by atoms with Crippen molar-refractivity contribution in [2.45, 2.75) is 31.9 Å². The molecule has 2 heterocycles. The minimum Gasteiger partial charge on any atom is -0.384 e. The van der Waals surface area contributed by atoms with Crippen molar-refractivity contribution in [3.8, 4) is 0 Å². The number of sulfonamides is 1. The van der Waals surface area contributed by atoms with Crippen LogP contribution in [-0.4, -0.2) is 54.9 Å². The maximum atomic E-state index is 12.3. The van der Waals surface area contributed by atoms with Gasteiger partial charge in [0, 0.05) is 26.1 Å². The Morgan fingerprint density at radius 1 is 1.45 bits per heavy atom. The van der Waals surface area contributed by atoms with Crippen molar-refractivity contribution in [2.75, 3.05) is 26.8 Å². The van der Waals surface area contributed by atoms with E-state index in [4.69, 9.17) is 9.26 Å². The van der Waals surface area contributed by atoms with Gasteiger partial charge in [-0.15, -0.1) is 0 Å². The summed E-state index contributed by atoms with van der Waals surface area (Å²) in [5, 5.41) is 3.35. The zero-order chi connectivity index (χ0) is 14.9. The Bertz CT molecular complexity index is 555. The summed E-state index contributed by atoms with van der Waals surface area (Å²) >= 11 is 0. The molecule has 1 aliphatic heterocycles. The van der Waals surface area contributed by atoms with Crippen LogP contribution in [0, 0.1) is 12.8 Å². The van der Waals surface area contributed by atoms with Crippen molar-refractivity contribution in [3.05, 3.63) is 11.7 Å². The van der Waals surface area contributed by atoms with Crippen LogP contribution in [0.5, 0.6) is 0 Å². The van der Waals surface area contributed by atoms with Gasteiger partial charge in [-0.1, -0.05) is 5.16 Å². The van der Waals surface area contributed by atoms with Crippen LogP contribution in [-0.2, 0) is 14.8 Å². The first-order valence-electron chi connectivity index (χ1n) is 6.64. The highest BCUT2D eigenvalue weighted by Gasteiger charge is 2.42. The van der Waals surface area contributed by atoms with Crippen LogP contribution in [0.4, 0.5) is 0 Å². The molecule has 1 aliphatic rings. The Kier molecular flexibility index (Phi) is 4.46. The summed E-state index contributed by atoms with van der Waals surface area (Å²) in [6.07, 6.45) is 0. The zero-order valence-electron chi connectivity index (χ0n) is 12.2. The average molecular weight is 303 g/mol. The summed E-state index contributed by atoms with van der Waals surface area (Å²) in [5.41, 5.74) is 0. The molecule has 0 N–H and O–H groups in total. The maximum absolute atomic E-state index is 12.3. The van der Waals surface area contributed by atoms with Crippen molar-refractivity contribution in [1.29, 1.82) is 0 Å². The third-order valence-electron chi connectivity index (χ3n) is 3.60. The summed E-state index contributed by atoms with van der Waals surface area (Å²) in [6.45, 7) is 6.39. The number of ether oxygens (including phenoxy) is 1. The molecule has 8 heteroatoms. The van der Waals surface area contributed by atoms with Crippen LogP contribution in [0.3, 0.4) is 0 Å². The lowest BCUT2D eigenvalue weighted by molar-refractivity contribution is 0.145. The molecule has 20 heavy (non-hydrogen) atoms. The van der Waals surface area contributed by atoms with Crippen LogP contribution < -0.4 is 0 Å². The van der Waals surface area contributed by atoms with Crippen molar-refractivity contribution >= 4 is 10.0 Å². The van der Waals surface area contributed by atoms with E-state index in [1.807, 2.05) is 0 Å². The highest BCUT2D eigenvalue weighted by molar-refractivity contribution is 7.89. The van der Waals surface area contributed by atoms with Crippen LogP contribution in [0.2, 0.25) is 0 Å². The first-order valence-corrected chi connectivity index (χ1v) is 8.14. The minimum absolute atomic E-state index is 0.0355. The summed E-state index contributed by atoms with van der Waals surface area (Å²) < 4.78 is 36.5. The SMILES string of the molecule is COC[C@@H]1CN(S(=O)(=O)C(C)C)C[C@H]1c1nc(C)no1. The van der Waals surface area contributed by atoms with Gasteiger partial charge in [0.2, 0.25) is 15.9 Å². The zero-order valence-corrected chi connectivity index (χ0v) is 13.1. The minimum atomic E-state index is -3.27. The fraction of sp³-hybridized carbons (Fsp3) is 0.833. The standard InChI is InChI=1S/C12H21N3O4S/c1-8(2)20(16,17)15-5-10(7-18-4)11(6-15)12-13-9(3)14-19-12/h8,10-11H,5-7H2,1-4H3/t10-,11+/m0/s1. The fourth-order valence-corrected chi connectivity index (χ4v) is 3.83. The fourth-order valence-electron chi connectivity index (χ4n) is 2.46. The van der Waals surface area contributed by atoms with Crippen molar-refractivity contribution in [3.63, 3.8) is 0 Å². The molecule has 1 saturated heterocycles. The Morgan fingerprint density at radius 2 is 2.15 bits per heavy atom. The molecule has 1 aromatic rings. The highest BCUT2D eigenvalue weighted by atomic mass is 32.2. The van der Waals surface area contributed by atoms with Crippen LogP contribution in [0.15, 0.2) is 4.52 Å².